The first-order valence-corrected chi connectivity index (χ1v) is 17.0. The molecule has 0 unspecified atom stereocenters. The Hall–Kier alpha value is -4.44. The second kappa shape index (κ2) is 11.9. The van der Waals surface area contributed by atoms with Gasteiger partial charge in [-0.05, 0) is 78.6 Å². The molecule has 3 aliphatic rings. The highest BCUT2D eigenvalue weighted by Gasteiger charge is 2.67. The number of halogens is 3. The summed E-state index contributed by atoms with van der Waals surface area (Å²) < 4.78 is 29.3. The molecule has 0 bridgehead atoms. The molecule has 4 heterocycles. The third kappa shape index (κ3) is 4.85. The summed E-state index contributed by atoms with van der Waals surface area (Å²) in [5.74, 6) is -1.22. The van der Waals surface area contributed by atoms with E-state index in [4.69, 9.17) is 37.8 Å². The van der Waals surface area contributed by atoms with Crippen LogP contribution in [0, 0.1) is 12.7 Å². The van der Waals surface area contributed by atoms with E-state index < -0.39 is 29.3 Å². The van der Waals surface area contributed by atoms with Gasteiger partial charge in [0.1, 0.15) is 17.1 Å². The first-order chi connectivity index (χ1) is 23.6. The number of likely N-dealkylation sites (tertiary alicyclic amines) is 1. The molecule has 1 spiro atoms. The zero-order valence-electron chi connectivity index (χ0n) is 27.1. The predicted octanol–water partition coefficient (Wildman–Crippen LogP) is 7.67. The van der Waals surface area contributed by atoms with Crippen LogP contribution in [0.1, 0.15) is 57.2 Å². The number of methoxy groups -OCH3 is 1. The van der Waals surface area contributed by atoms with Gasteiger partial charge in [-0.1, -0.05) is 53.5 Å². The number of benzene rings is 4. The molecule has 0 aliphatic carbocycles. The number of fused-ring (bicyclic) bond motifs is 6. The predicted molar refractivity (Wildman–Crippen MR) is 186 cm³/mol. The van der Waals surface area contributed by atoms with Crippen molar-refractivity contribution in [3.63, 3.8) is 0 Å². The van der Waals surface area contributed by atoms with E-state index in [1.807, 2.05) is 61.0 Å². The zero-order chi connectivity index (χ0) is 34.2. The van der Waals surface area contributed by atoms with E-state index in [0.717, 1.165) is 33.5 Å². The van der Waals surface area contributed by atoms with Crippen molar-refractivity contribution >= 4 is 51.7 Å². The maximum absolute atomic E-state index is 16.4. The number of nitrogens with one attached hydrogen (secondary N) is 1. The topological polar surface area (TPSA) is 85.7 Å². The molecule has 49 heavy (non-hydrogen) atoms. The second-order valence-electron chi connectivity index (χ2n) is 13.0. The van der Waals surface area contributed by atoms with Crippen LogP contribution >= 0.6 is 23.2 Å². The van der Waals surface area contributed by atoms with E-state index >= 15 is 4.39 Å². The number of carbonyl (C=O) groups is 2. The summed E-state index contributed by atoms with van der Waals surface area (Å²) in [5.41, 5.74) is 4.39. The van der Waals surface area contributed by atoms with Crippen molar-refractivity contribution in [2.75, 3.05) is 19.0 Å². The van der Waals surface area contributed by atoms with E-state index in [-0.39, 0.29) is 17.0 Å². The van der Waals surface area contributed by atoms with Gasteiger partial charge in [0.2, 0.25) is 5.91 Å². The Balaban J connectivity index is 1.37. The van der Waals surface area contributed by atoms with Gasteiger partial charge in [0, 0.05) is 53.1 Å². The van der Waals surface area contributed by atoms with Gasteiger partial charge in [-0.25, -0.2) is 9.18 Å². The van der Waals surface area contributed by atoms with E-state index in [0.29, 0.717) is 53.3 Å². The van der Waals surface area contributed by atoms with Gasteiger partial charge < -0.3 is 14.8 Å². The molecule has 250 valence electrons. The van der Waals surface area contributed by atoms with E-state index in [1.165, 1.54) is 13.2 Å². The maximum Gasteiger partial charge on any atom is 0.338 e. The van der Waals surface area contributed by atoms with Gasteiger partial charge in [0.05, 0.1) is 35.9 Å². The summed E-state index contributed by atoms with van der Waals surface area (Å²) in [6, 6.07) is 21.4. The van der Waals surface area contributed by atoms with Gasteiger partial charge in [-0.15, -0.1) is 0 Å². The summed E-state index contributed by atoms with van der Waals surface area (Å²) in [7, 11) is 1.35. The molecule has 8 nitrogen and oxygen atoms in total. The third-order valence-electron chi connectivity index (χ3n) is 10.5. The van der Waals surface area contributed by atoms with Crippen LogP contribution in [0.2, 0.25) is 10.0 Å². The van der Waals surface area contributed by atoms with Crippen molar-refractivity contribution in [2.24, 2.45) is 0 Å². The van der Waals surface area contributed by atoms with Crippen molar-refractivity contribution in [1.29, 1.82) is 0 Å². The average molecular weight is 700 g/mol. The number of ether oxygens (including phenoxy) is 2. The van der Waals surface area contributed by atoms with Crippen LogP contribution < -0.4 is 10.1 Å². The van der Waals surface area contributed by atoms with Gasteiger partial charge in [-0.3, -0.25) is 14.4 Å². The summed E-state index contributed by atoms with van der Waals surface area (Å²) in [6.45, 7) is 4.72. The van der Waals surface area contributed by atoms with Gasteiger partial charge in [-0.2, -0.15) is 5.10 Å². The van der Waals surface area contributed by atoms with E-state index in [2.05, 4.69) is 10.2 Å². The molecule has 5 aromatic rings. The van der Waals surface area contributed by atoms with Crippen molar-refractivity contribution in [2.45, 2.75) is 56.8 Å². The summed E-state index contributed by atoms with van der Waals surface area (Å²) >= 11 is 12.8. The standard InChI is InChI=1S/C38H33Cl2FN4O4/c1-4-49-24-8-5-7-21(14-24)19-44-32-17-31-27-13-20(2)26(36(46)48-3)16-30(27)43-45(31)35(32)33(25-9-6-10-28(40)34(25)41)38(44)18-22-11-12-23(39)15-29(22)42-37(38)47/h5-16,32-33,35H,4,17-19H2,1-3H3,(H,42,47)/t32-,33-,35+,38+/m0/s1. The Morgan fingerprint density at radius 1 is 1.10 bits per heavy atom. The Morgan fingerprint density at radius 3 is 2.71 bits per heavy atom. The fraction of sp³-hybridized carbons (Fsp3) is 0.289. The lowest BCUT2D eigenvalue weighted by molar-refractivity contribution is -0.129. The van der Waals surface area contributed by atoms with Crippen molar-refractivity contribution in [3.05, 3.63) is 122 Å². The van der Waals surface area contributed by atoms with Crippen molar-refractivity contribution < 1.29 is 23.5 Å². The molecule has 1 amide bonds. The molecule has 8 rings (SSSR count). The fourth-order valence-corrected chi connectivity index (χ4v) is 8.80. The normalized spacial score (nSPS) is 22.6. The smallest absolute Gasteiger partial charge is 0.338 e. The number of nitrogens with zero attached hydrogens (tertiary/aromatic N) is 3. The van der Waals surface area contributed by atoms with Crippen LogP contribution in [-0.4, -0.2) is 51.9 Å². The summed E-state index contributed by atoms with van der Waals surface area (Å²) in [4.78, 5) is 29.7. The number of aryl methyl sites for hydroxylation is 1. The van der Waals surface area contributed by atoms with Gasteiger partial charge in [0.25, 0.3) is 0 Å². The van der Waals surface area contributed by atoms with Crippen LogP contribution in [0.5, 0.6) is 5.75 Å². The first-order valence-electron chi connectivity index (χ1n) is 16.3. The molecule has 11 heteroatoms. The SMILES string of the molecule is CCOc1cccc(CN2[C@H]3Cc4c5cc(C)c(C(=O)OC)cc5nn4[C@H]3[C@H](c3cccc(Cl)c3F)[C@@]23Cc2ccc(Cl)cc2NC3=O)c1. The maximum atomic E-state index is 16.4. The Labute approximate surface area is 292 Å². The first kappa shape index (κ1) is 31.8. The lowest BCUT2D eigenvalue weighted by Crippen LogP contribution is -2.61. The number of rotatable bonds is 6. The van der Waals surface area contributed by atoms with Crippen LogP contribution in [-0.2, 0) is 28.9 Å². The molecule has 0 saturated carbocycles. The molecule has 1 N–H and O–H groups in total. The number of amides is 1. The number of esters is 1. The van der Waals surface area contributed by atoms with Crippen molar-refractivity contribution in [3.8, 4) is 5.75 Å². The Kier molecular flexibility index (Phi) is 7.70. The van der Waals surface area contributed by atoms with Gasteiger partial charge >= 0.3 is 5.97 Å². The number of anilines is 1. The molecule has 3 aliphatic heterocycles. The monoisotopic (exact) mass is 698 g/mol. The highest BCUT2D eigenvalue weighted by Crippen LogP contribution is 2.60. The molecule has 1 fully saturated rings. The molecule has 4 aromatic carbocycles. The lowest BCUT2D eigenvalue weighted by Gasteiger charge is -2.46. The zero-order valence-corrected chi connectivity index (χ0v) is 28.6. The minimum Gasteiger partial charge on any atom is -0.494 e. The van der Waals surface area contributed by atoms with E-state index in [9.17, 15) is 9.59 Å². The van der Waals surface area contributed by atoms with Crippen LogP contribution in [0.15, 0.2) is 72.8 Å². The molecule has 1 aromatic heterocycles. The molecule has 0 radical (unpaired) electrons. The fourth-order valence-electron chi connectivity index (χ4n) is 8.45. The highest BCUT2D eigenvalue weighted by molar-refractivity contribution is 6.31. The second-order valence-corrected chi connectivity index (χ2v) is 13.9. The molecule has 1 saturated heterocycles. The van der Waals surface area contributed by atoms with Crippen molar-refractivity contribution in [1.82, 2.24) is 14.7 Å². The number of aromatic nitrogens is 2. The molecular formula is C38H33Cl2FN4O4. The number of carbonyl (C=O) groups excluding carboxylic acids is 2. The minimum atomic E-state index is -1.24. The highest BCUT2D eigenvalue weighted by atomic mass is 35.5. The van der Waals surface area contributed by atoms with E-state index in [1.54, 1.807) is 24.3 Å². The average Bonchev–Trinajstić information content (AvgIpc) is 3.69. The van der Waals surface area contributed by atoms with Crippen LogP contribution in [0.3, 0.4) is 0 Å². The Morgan fingerprint density at radius 2 is 1.92 bits per heavy atom. The number of hydrogen-bond donors (Lipinski definition) is 1. The summed E-state index contributed by atoms with van der Waals surface area (Å²) in [6.07, 6.45) is 0.854. The lowest BCUT2D eigenvalue weighted by atomic mass is 9.71. The Bertz CT molecular complexity index is 2190. The largest absolute Gasteiger partial charge is 0.494 e. The minimum absolute atomic E-state index is 0.0161. The molecular weight excluding hydrogens is 666 g/mol. The number of hydrogen-bond acceptors (Lipinski definition) is 6. The van der Waals surface area contributed by atoms with Gasteiger partial charge in [0.15, 0.2) is 0 Å². The quantitative estimate of drug-likeness (QED) is 0.183. The van der Waals surface area contributed by atoms with Crippen LogP contribution in [0.25, 0.3) is 10.9 Å². The summed E-state index contributed by atoms with van der Waals surface area (Å²) in [5, 5.41) is 9.64. The van der Waals surface area contributed by atoms with Crippen LogP contribution in [0.4, 0.5) is 10.1 Å². The molecule has 4 atom stereocenters. The third-order valence-corrected chi connectivity index (χ3v) is 11.0.